The Kier molecular flexibility index (Phi) is 5.03. The predicted molar refractivity (Wildman–Crippen MR) is 105 cm³/mol. The number of hydrogen-bond acceptors (Lipinski definition) is 3. The maximum Gasteiger partial charge on any atom is 0.255 e. The summed E-state index contributed by atoms with van der Waals surface area (Å²) in [6.07, 6.45) is 6.21. The predicted octanol–water partition coefficient (Wildman–Crippen LogP) is 5.22. The molecule has 1 aliphatic rings. The second kappa shape index (κ2) is 7.24. The van der Waals surface area contributed by atoms with E-state index in [1.165, 1.54) is 0 Å². The number of hydrogen-bond donors (Lipinski definition) is 1. The highest BCUT2D eigenvalue weighted by molar-refractivity contribution is 6.05. The molecule has 1 amide bonds. The van der Waals surface area contributed by atoms with Crippen LogP contribution in [0, 0.1) is 6.92 Å². The van der Waals surface area contributed by atoms with Crippen molar-refractivity contribution in [2.24, 2.45) is 0 Å². The van der Waals surface area contributed by atoms with Gasteiger partial charge in [0.25, 0.3) is 5.91 Å². The van der Waals surface area contributed by atoms with Crippen LogP contribution in [0.3, 0.4) is 0 Å². The minimum Gasteiger partial charge on any atom is -0.497 e. The minimum atomic E-state index is -0.262. The molecule has 4 nitrogen and oxygen atoms in total. The highest BCUT2D eigenvalue weighted by atomic mass is 16.5. The SMILES string of the molecule is CCCC1(C)C=Cc2cc(NC(=O)c3ccc(OC)cc3)c(C)cc2O1. The van der Waals surface area contributed by atoms with Gasteiger partial charge in [0.15, 0.2) is 0 Å². The molecular weight excluding hydrogens is 326 g/mol. The molecule has 2 aromatic carbocycles. The average Bonchev–Trinajstić information content (AvgIpc) is 2.62. The molecule has 26 heavy (non-hydrogen) atoms. The van der Waals surface area contributed by atoms with E-state index >= 15 is 0 Å². The number of nitrogens with one attached hydrogen (secondary N) is 1. The van der Waals surface area contributed by atoms with Crippen molar-refractivity contribution < 1.29 is 14.3 Å². The van der Waals surface area contributed by atoms with Crippen LogP contribution in [0.25, 0.3) is 6.08 Å². The summed E-state index contributed by atoms with van der Waals surface area (Å²) in [6.45, 7) is 6.23. The van der Waals surface area contributed by atoms with Crippen LogP contribution in [0.2, 0.25) is 0 Å². The van der Waals surface area contributed by atoms with E-state index < -0.39 is 0 Å². The summed E-state index contributed by atoms with van der Waals surface area (Å²) in [5, 5.41) is 2.99. The Hall–Kier alpha value is -2.75. The van der Waals surface area contributed by atoms with Gasteiger partial charge in [-0.3, -0.25) is 4.79 Å². The van der Waals surface area contributed by atoms with Gasteiger partial charge in [-0.15, -0.1) is 0 Å². The van der Waals surface area contributed by atoms with Gasteiger partial charge in [0.1, 0.15) is 17.1 Å². The Bertz CT molecular complexity index is 839. The number of ether oxygens (including phenoxy) is 2. The fourth-order valence-corrected chi connectivity index (χ4v) is 3.17. The highest BCUT2D eigenvalue weighted by Gasteiger charge is 2.27. The zero-order valence-corrected chi connectivity index (χ0v) is 15.8. The lowest BCUT2D eigenvalue weighted by Crippen LogP contribution is -2.31. The lowest BCUT2D eigenvalue weighted by molar-refractivity contribution is 0.102. The van der Waals surface area contributed by atoms with Gasteiger partial charge in [0.05, 0.1) is 7.11 Å². The van der Waals surface area contributed by atoms with E-state index in [1.54, 1.807) is 31.4 Å². The lowest BCUT2D eigenvalue weighted by atomic mass is 9.94. The normalized spacial score (nSPS) is 18.0. The number of anilines is 1. The molecule has 0 saturated heterocycles. The van der Waals surface area contributed by atoms with E-state index in [0.717, 1.165) is 41.2 Å². The molecule has 0 saturated carbocycles. The first-order valence-electron chi connectivity index (χ1n) is 8.92. The summed E-state index contributed by atoms with van der Waals surface area (Å²) in [5.74, 6) is 1.44. The monoisotopic (exact) mass is 351 g/mol. The molecule has 3 rings (SSSR count). The van der Waals surface area contributed by atoms with Gasteiger partial charge >= 0.3 is 0 Å². The van der Waals surface area contributed by atoms with Crippen molar-refractivity contribution in [1.82, 2.24) is 0 Å². The topological polar surface area (TPSA) is 47.6 Å². The number of methoxy groups -OCH3 is 1. The summed E-state index contributed by atoms with van der Waals surface area (Å²) in [7, 11) is 1.60. The fourth-order valence-electron chi connectivity index (χ4n) is 3.17. The largest absolute Gasteiger partial charge is 0.497 e. The van der Waals surface area contributed by atoms with Gasteiger partial charge < -0.3 is 14.8 Å². The maximum atomic E-state index is 12.5. The van der Waals surface area contributed by atoms with Gasteiger partial charge in [0.2, 0.25) is 0 Å². The van der Waals surface area contributed by atoms with Crippen LogP contribution in [0.1, 0.15) is 48.2 Å². The van der Waals surface area contributed by atoms with Crippen molar-refractivity contribution in [3.63, 3.8) is 0 Å². The summed E-state index contributed by atoms with van der Waals surface area (Å²) in [4.78, 5) is 12.5. The Morgan fingerprint density at radius 3 is 2.62 bits per heavy atom. The third-order valence-corrected chi connectivity index (χ3v) is 4.66. The number of benzene rings is 2. The van der Waals surface area contributed by atoms with E-state index in [-0.39, 0.29) is 11.5 Å². The molecule has 4 heteroatoms. The van der Waals surface area contributed by atoms with Crippen LogP contribution in [-0.2, 0) is 0 Å². The molecule has 1 heterocycles. The van der Waals surface area contributed by atoms with Crippen LogP contribution < -0.4 is 14.8 Å². The molecule has 0 fully saturated rings. The molecule has 1 aliphatic heterocycles. The number of aryl methyl sites for hydroxylation is 1. The van der Waals surface area contributed by atoms with E-state index in [4.69, 9.17) is 9.47 Å². The average molecular weight is 351 g/mol. The minimum absolute atomic E-state index is 0.146. The van der Waals surface area contributed by atoms with Crippen LogP contribution in [-0.4, -0.2) is 18.6 Å². The second-order valence-electron chi connectivity index (χ2n) is 6.89. The highest BCUT2D eigenvalue weighted by Crippen LogP contribution is 2.36. The quantitative estimate of drug-likeness (QED) is 0.803. The summed E-state index contributed by atoms with van der Waals surface area (Å²) >= 11 is 0. The van der Waals surface area contributed by atoms with Crippen LogP contribution in [0.4, 0.5) is 5.69 Å². The summed E-state index contributed by atoms with van der Waals surface area (Å²) < 4.78 is 11.3. The Balaban J connectivity index is 1.81. The molecule has 0 aromatic heterocycles. The van der Waals surface area contributed by atoms with Crippen LogP contribution in [0.5, 0.6) is 11.5 Å². The zero-order valence-electron chi connectivity index (χ0n) is 15.8. The standard InChI is InChI=1S/C22H25NO3/c1-5-11-22(3)12-10-17-14-19(15(2)13-20(17)26-22)23-21(24)16-6-8-18(25-4)9-7-16/h6-10,12-14H,5,11H2,1-4H3,(H,23,24). The van der Waals surface area contributed by atoms with E-state index in [2.05, 4.69) is 31.3 Å². The van der Waals surface area contributed by atoms with Crippen LogP contribution >= 0.6 is 0 Å². The first-order valence-corrected chi connectivity index (χ1v) is 8.92. The smallest absolute Gasteiger partial charge is 0.255 e. The van der Waals surface area contributed by atoms with Crippen molar-refractivity contribution in [2.75, 3.05) is 12.4 Å². The fraction of sp³-hybridized carbons (Fsp3) is 0.318. The molecule has 1 atom stereocenters. The third-order valence-electron chi connectivity index (χ3n) is 4.66. The van der Waals surface area contributed by atoms with Gasteiger partial charge in [-0.2, -0.15) is 0 Å². The third kappa shape index (κ3) is 3.74. The zero-order chi connectivity index (χ0) is 18.7. The molecule has 0 bridgehead atoms. The van der Waals surface area contributed by atoms with E-state index in [1.807, 2.05) is 19.1 Å². The van der Waals surface area contributed by atoms with Crippen molar-refractivity contribution >= 4 is 17.7 Å². The first kappa shape index (κ1) is 18.1. The number of carbonyl (C=O) groups excluding carboxylic acids is 1. The molecule has 2 aromatic rings. The molecule has 136 valence electrons. The van der Waals surface area contributed by atoms with Crippen molar-refractivity contribution in [3.8, 4) is 11.5 Å². The van der Waals surface area contributed by atoms with Gasteiger partial charge in [-0.05, 0) is 68.3 Å². The van der Waals surface area contributed by atoms with Gasteiger partial charge in [-0.1, -0.05) is 19.4 Å². The summed E-state index contributed by atoms with van der Waals surface area (Å²) in [5.41, 5.74) is 3.07. The van der Waals surface area contributed by atoms with Crippen molar-refractivity contribution in [2.45, 2.75) is 39.2 Å². The van der Waals surface area contributed by atoms with Crippen molar-refractivity contribution in [3.05, 3.63) is 59.2 Å². The Labute approximate surface area is 154 Å². The molecule has 0 aliphatic carbocycles. The number of carbonyl (C=O) groups is 1. The molecule has 1 N–H and O–H groups in total. The Morgan fingerprint density at radius 2 is 1.96 bits per heavy atom. The lowest BCUT2D eigenvalue weighted by Gasteiger charge is -2.32. The van der Waals surface area contributed by atoms with E-state index in [0.29, 0.717) is 5.56 Å². The van der Waals surface area contributed by atoms with Crippen LogP contribution in [0.15, 0.2) is 42.5 Å². The molecule has 0 spiro atoms. The number of fused-ring (bicyclic) bond motifs is 1. The first-order chi connectivity index (χ1) is 12.4. The molecular formula is C22H25NO3. The van der Waals surface area contributed by atoms with E-state index in [9.17, 15) is 4.79 Å². The van der Waals surface area contributed by atoms with Gasteiger partial charge in [0, 0.05) is 16.8 Å². The number of amides is 1. The van der Waals surface area contributed by atoms with Gasteiger partial charge in [-0.25, -0.2) is 0 Å². The Morgan fingerprint density at radius 1 is 1.23 bits per heavy atom. The maximum absolute atomic E-state index is 12.5. The second-order valence-corrected chi connectivity index (χ2v) is 6.89. The molecule has 0 radical (unpaired) electrons. The summed E-state index contributed by atoms with van der Waals surface area (Å²) in [6, 6.07) is 11.0. The molecule has 1 unspecified atom stereocenters. The van der Waals surface area contributed by atoms with Crippen molar-refractivity contribution in [1.29, 1.82) is 0 Å². The number of rotatable bonds is 5.